The van der Waals surface area contributed by atoms with E-state index < -0.39 is 10.0 Å². The third-order valence-electron chi connectivity index (χ3n) is 3.46. The summed E-state index contributed by atoms with van der Waals surface area (Å²) in [5.41, 5.74) is 2.72. The van der Waals surface area contributed by atoms with Gasteiger partial charge in [-0.05, 0) is 59.1 Å². The van der Waals surface area contributed by atoms with Gasteiger partial charge in [0.25, 0.3) is 10.0 Å². The molecule has 1 N–H and O–H groups in total. The van der Waals surface area contributed by atoms with Crippen LogP contribution >= 0.6 is 27.3 Å². The number of carbonyl (C=O) groups excluding carboxylic acids is 1. The number of sulfonamides is 1. The summed E-state index contributed by atoms with van der Waals surface area (Å²) in [4.78, 5) is 12.1. The predicted octanol–water partition coefficient (Wildman–Crippen LogP) is 3.39. The van der Waals surface area contributed by atoms with Crippen molar-refractivity contribution in [1.82, 2.24) is 4.31 Å². The smallest absolute Gasteiger partial charge is 0.252 e. The Balaban J connectivity index is 2.09. The molecule has 23 heavy (non-hydrogen) atoms. The number of benzene rings is 1. The van der Waals surface area contributed by atoms with Gasteiger partial charge in [-0.2, -0.15) is 4.31 Å². The minimum absolute atomic E-state index is 0.200. The standard InChI is InChI=1S/C15H17BrN2O3S2/c1-10-5-4-6-12(11(10)2)17-14(19)9-18(3)23(20,21)15-8-7-13(16)22-15/h4-8H,9H2,1-3H3,(H,17,19). The number of nitrogens with one attached hydrogen (secondary N) is 1. The molecule has 8 heteroatoms. The fraction of sp³-hybridized carbons (Fsp3) is 0.267. The fourth-order valence-electron chi connectivity index (χ4n) is 1.95. The zero-order valence-corrected chi connectivity index (χ0v) is 16.2. The maximum atomic E-state index is 12.4. The minimum Gasteiger partial charge on any atom is -0.325 e. The summed E-state index contributed by atoms with van der Waals surface area (Å²) in [5.74, 6) is -0.375. The Morgan fingerprint density at radius 1 is 1.26 bits per heavy atom. The fourth-order valence-corrected chi connectivity index (χ4v) is 5.30. The van der Waals surface area contributed by atoms with Crippen LogP contribution in [0.4, 0.5) is 5.69 Å². The molecule has 0 fully saturated rings. The lowest BCUT2D eigenvalue weighted by molar-refractivity contribution is -0.116. The van der Waals surface area contributed by atoms with Crippen molar-refractivity contribution in [3.8, 4) is 0 Å². The van der Waals surface area contributed by atoms with Crippen molar-refractivity contribution in [2.75, 3.05) is 18.9 Å². The van der Waals surface area contributed by atoms with E-state index in [2.05, 4.69) is 21.2 Å². The summed E-state index contributed by atoms with van der Waals surface area (Å²) in [6, 6.07) is 8.79. The van der Waals surface area contributed by atoms with Gasteiger partial charge in [0.15, 0.2) is 0 Å². The Kier molecular flexibility index (Phi) is 5.61. The maximum absolute atomic E-state index is 12.4. The molecule has 1 amide bonds. The third kappa shape index (κ3) is 4.20. The van der Waals surface area contributed by atoms with E-state index in [9.17, 15) is 13.2 Å². The molecule has 0 aliphatic heterocycles. The Morgan fingerprint density at radius 3 is 2.57 bits per heavy atom. The summed E-state index contributed by atoms with van der Waals surface area (Å²) in [5, 5.41) is 2.76. The molecule has 0 unspecified atom stereocenters. The first-order valence-corrected chi connectivity index (χ1v) is 9.84. The van der Waals surface area contributed by atoms with Gasteiger partial charge in [-0.15, -0.1) is 11.3 Å². The molecule has 0 saturated carbocycles. The molecule has 1 aromatic heterocycles. The van der Waals surface area contributed by atoms with Crippen molar-refractivity contribution in [3.05, 3.63) is 45.2 Å². The number of hydrogen-bond acceptors (Lipinski definition) is 4. The zero-order valence-electron chi connectivity index (χ0n) is 13.0. The van der Waals surface area contributed by atoms with Crippen molar-refractivity contribution in [2.24, 2.45) is 0 Å². The number of nitrogens with zero attached hydrogens (tertiary/aromatic N) is 1. The second kappa shape index (κ2) is 7.12. The molecule has 2 aromatic rings. The lowest BCUT2D eigenvalue weighted by Gasteiger charge is -2.16. The summed E-state index contributed by atoms with van der Waals surface area (Å²) in [6.45, 7) is 3.62. The van der Waals surface area contributed by atoms with Crippen LogP contribution in [0.25, 0.3) is 0 Å². The van der Waals surface area contributed by atoms with Crippen molar-refractivity contribution in [3.63, 3.8) is 0 Å². The van der Waals surface area contributed by atoms with E-state index in [0.717, 1.165) is 30.6 Å². The van der Waals surface area contributed by atoms with Gasteiger partial charge in [-0.1, -0.05) is 12.1 Å². The van der Waals surface area contributed by atoms with Crippen molar-refractivity contribution < 1.29 is 13.2 Å². The largest absolute Gasteiger partial charge is 0.325 e. The van der Waals surface area contributed by atoms with Gasteiger partial charge in [0.1, 0.15) is 4.21 Å². The molecule has 0 aliphatic rings. The van der Waals surface area contributed by atoms with Gasteiger partial charge < -0.3 is 5.32 Å². The van der Waals surface area contributed by atoms with Gasteiger partial charge in [0.05, 0.1) is 10.3 Å². The highest BCUT2D eigenvalue weighted by Gasteiger charge is 2.24. The molecule has 0 aliphatic carbocycles. The molecule has 5 nitrogen and oxygen atoms in total. The van der Waals surface area contributed by atoms with Gasteiger partial charge in [-0.25, -0.2) is 8.42 Å². The summed E-state index contributed by atoms with van der Waals surface area (Å²) < 4.78 is 26.8. The van der Waals surface area contributed by atoms with Gasteiger partial charge in [-0.3, -0.25) is 4.79 Å². The Hall–Kier alpha value is -1.22. The van der Waals surface area contributed by atoms with E-state index in [1.54, 1.807) is 12.1 Å². The number of aryl methyl sites for hydroxylation is 1. The molecule has 1 heterocycles. The van der Waals surface area contributed by atoms with E-state index in [-0.39, 0.29) is 16.7 Å². The van der Waals surface area contributed by atoms with E-state index in [4.69, 9.17) is 0 Å². The average Bonchev–Trinajstić information content (AvgIpc) is 2.91. The van der Waals surface area contributed by atoms with Crippen molar-refractivity contribution in [1.29, 1.82) is 0 Å². The highest BCUT2D eigenvalue weighted by Crippen LogP contribution is 2.28. The van der Waals surface area contributed by atoms with E-state index >= 15 is 0 Å². The molecule has 124 valence electrons. The third-order valence-corrected chi connectivity index (χ3v) is 7.35. The lowest BCUT2D eigenvalue weighted by Crippen LogP contribution is -2.34. The van der Waals surface area contributed by atoms with Crippen LogP contribution in [0.3, 0.4) is 0 Å². The SMILES string of the molecule is Cc1cccc(NC(=O)CN(C)S(=O)(=O)c2ccc(Br)s2)c1C. The first-order chi connectivity index (χ1) is 10.7. The predicted molar refractivity (Wildman–Crippen MR) is 96.4 cm³/mol. The van der Waals surface area contributed by atoms with Gasteiger partial charge >= 0.3 is 0 Å². The van der Waals surface area contributed by atoms with Crippen molar-refractivity contribution >= 4 is 48.9 Å². The van der Waals surface area contributed by atoms with E-state index in [1.807, 2.05) is 26.0 Å². The number of rotatable bonds is 5. The Labute approximate surface area is 148 Å². The highest BCUT2D eigenvalue weighted by molar-refractivity contribution is 9.11. The van der Waals surface area contributed by atoms with Crippen LogP contribution < -0.4 is 5.32 Å². The first kappa shape index (κ1) is 18.1. The zero-order chi connectivity index (χ0) is 17.2. The summed E-state index contributed by atoms with van der Waals surface area (Å²) in [6.07, 6.45) is 0. The van der Waals surface area contributed by atoms with Crippen LogP contribution in [0, 0.1) is 13.8 Å². The minimum atomic E-state index is -3.66. The average molecular weight is 417 g/mol. The number of amides is 1. The summed E-state index contributed by atoms with van der Waals surface area (Å²) in [7, 11) is -2.27. The van der Waals surface area contributed by atoms with Crippen LogP contribution in [0.1, 0.15) is 11.1 Å². The van der Waals surface area contributed by atoms with Crippen LogP contribution in [-0.2, 0) is 14.8 Å². The van der Waals surface area contributed by atoms with Crippen LogP contribution in [0.5, 0.6) is 0 Å². The lowest BCUT2D eigenvalue weighted by atomic mass is 10.1. The van der Waals surface area contributed by atoms with E-state index in [0.29, 0.717) is 5.69 Å². The topological polar surface area (TPSA) is 66.5 Å². The quantitative estimate of drug-likeness (QED) is 0.811. The number of hydrogen-bond donors (Lipinski definition) is 1. The monoisotopic (exact) mass is 416 g/mol. The molecule has 2 rings (SSSR count). The molecular formula is C15H17BrN2O3S2. The number of thiophene rings is 1. The maximum Gasteiger partial charge on any atom is 0.252 e. The van der Waals surface area contributed by atoms with Crippen LogP contribution in [-0.4, -0.2) is 32.2 Å². The van der Waals surface area contributed by atoms with Crippen LogP contribution in [0.2, 0.25) is 0 Å². The molecule has 0 spiro atoms. The Morgan fingerprint density at radius 2 is 1.96 bits per heavy atom. The number of anilines is 1. The van der Waals surface area contributed by atoms with Crippen molar-refractivity contribution in [2.45, 2.75) is 18.1 Å². The Bertz CT molecular complexity index is 831. The second-order valence-corrected chi connectivity index (χ2v) is 9.85. The number of carbonyl (C=O) groups is 1. The van der Waals surface area contributed by atoms with Gasteiger partial charge in [0.2, 0.25) is 5.91 Å². The number of halogens is 1. The normalized spacial score (nSPS) is 11.7. The van der Waals surface area contributed by atoms with E-state index in [1.165, 1.54) is 13.1 Å². The number of likely N-dealkylation sites (N-methyl/N-ethyl adjacent to an activating group) is 1. The molecular weight excluding hydrogens is 400 g/mol. The molecule has 0 bridgehead atoms. The highest BCUT2D eigenvalue weighted by atomic mass is 79.9. The molecule has 1 aromatic carbocycles. The molecule has 0 atom stereocenters. The molecule has 0 saturated heterocycles. The molecule has 0 radical (unpaired) electrons. The first-order valence-electron chi connectivity index (χ1n) is 6.79. The van der Waals surface area contributed by atoms with Crippen LogP contribution in [0.15, 0.2) is 38.3 Å². The summed E-state index contributed by atoms with van der Waals surface area (Å²) >= 11 is 4.35. The van der Waals surface area contributed by atoms with Gasteiger partial charge in [0, 0.05) is 12.7 Å². The second-order valence-electron chi connectivity index (χ2n) is 5.12.